The number of ether oxygens (including phenoxy) is 1. The van der Waals surface area contributed by atoms with Crippen LogP contribution in [0.4, 0.5) is 0 Å². The van der Waals surface area contributed by atoms with E-state index in [1.807, 2.05) is 4.90 Å². The summed E-state index contributed by atoms with van der Waals surface area (Å²) < 4.78 is 5.55. The molecule has 3 fully saturated rings. The number of hydrogen-bond acceptors (Lipinski definition) is 4. The predicted molar refractivity (Wildman–Crippen MR) is 105 cm³/mol. The second-order valence-corrected chi connectivity index (χ2v) is 8.55. The lowest BCUT2D eigenvalue weighted by Crippen LogP contribution is -2.55. The number of rotatable bonds is 7. The smallest absolute Gasteiger partial charge is 0.220 e. The van der Waals surface area contributed by atoms with Crippen LogP contribution < -0.4 is 5.32 Å². The standard InChI is InChI=1S/C21H37N3O3/c1-17(25)23-11-4-7-20(16-23)24(19-8-13-27-14-9-19)12-10-22-21(26)15-18-5-2-3-6-18/h18-20H,2-16H2,1H3,(H,22,26). The number of likely N-dealkylation sites (tertiary alicyclic amines) is 1. The topological polar surface area (TPSA) is 61.9 Å². The van der Waals surface area contributed by atoms with E-state index in [4.69, 9.17) is 4.74 Å². The van der Waals surface area contributed by atoms with Gasteiger partial charge in [-0.25, -0.2) is 0 Å². The van der Waals surface area contributed by atoms with Crippen LogP contribution in [0.5, 0.6) is 0 Å². The Hall–Kier alpha value is -1.14. The summed E-state index contributed by atoms with van der Waals surface area (Å²) >= 11 is 0. The molecule has 3 aliphatic rings. The van der Waals surface area contributed by atoms with Crippen LogP contribution in [-0.2, 0) is 14.3 Å². The molecule has 0 aromatic rings. The molecule has 6 heteroatoms. The van der Waals surface area contributed by atoms with E-state index in [9.17, 15) is 9.59 Å². The van der Waals surface area contributed by atoms with Crippen molar-refractivity contribution < 1.29 is 14.3 Å². The van der Waals surface area contributed by atoms with Gasteiger partial charge in [0.2, 0.25) is 11.8 Å². The average Bonchev–Trinajstić information content (AvgIpc) is 3.19. The van der Waals surface area contributed by atoms with Crippen molar-refractivity contribution in [3.8, 4) is 0 Å². The fraction of sp³-hybridized carbons (Fsp3) is 0.905. The van der Waals surface area contributed by atoms with E-state index in [0.29, 0.717) is 31.0 Å². The van der Waals surface area contributed by atoms with Crippen LogP contribution in [0.2, 0.25) is 0 Å². The monoisotopic (exact) mass is 379 g/mol. The number of carbonyl (C=O) groups is 2. The number of nitrogens with one attached hydrogen (secondary N) is 1. The largest absolute Gasteiger partial charge is 0.381 e. The Balaban J connectivity index is 1.51. The molecule has 27 heavy (non-hydrogen) atoms. The van der Waals surface area contributed by atoms with Crippen molar-refractivity contribution in [2.75, 3.05) is 39.4 Å². The van der Waals surface area contributed by atoms with E-state index >= 15 is 0 Å². The Labute approximate surface area is 164 Å². The summed E-state index contributed by atoms with van der Waals surface area (Å²) in [5, 5.41) is 3.16. The molecule has 0 aromatic carbocycles. The fourth-order valence-electron chi connectivity index (χ4n) is 5.06. The molecule has 1 N–H and O–H groups in total. The third kappa shape index (κ3) is 6.18. The van der Waals surface area contributed by atoms with E-state index in [1.54, 1.807) is 6.92 Å². The molecular formula is C21H37N3O3. The van der Waals surface area contributed by atoms with Crippen LogP contribution in [0.25, 0.3) is 0 Å². The van der Waals surface area contributed by atoms with Crippen molar-refractivity contribution in [1.82, 2.24) is 15.1 Å². The van der Waals surface area contributed by atoms with E-state index in [-0.39, 0.29) is 11.8 Å². The van der Waals surface area contributed by atoms with Gasteiger partial charge < -0.3 is 15.0 Å². The molecule has 154 valence electrons. The SMILES string of the molecule is CC(=O)N1CCCC(N(CCNC(=O)CC2CCCC2)C2CCOCC2)C1. The summed E-state index contributed by atoms with van der Waals surface area (Å²) in [7, 11) is 0. The Kier molecular flexibility index (Phi) is 7.94. The van der Waals surface area contributed by atoms with Crippen LogP contribution in [0.1, 0.15) is 64.7 Å². The molecule has 1 atom stereocenters. The zero-order valence-electron chi connectivity index (χ0n) is 17.0. The number of nitrogens with zero attached hydrogens (tertiary/aromatic N) is 2. The van der Waals surface area contributed by atoms with Crippen molar-refractivity contribution >= 4 is 11.8 Å². The first-order valence-electron chi connectivity index (χ1n) is 11.0. The quantitative estimate of drug-likeness (QED) is 0.736. The molecule has 3 rings (SSSR count). The van der Waals surface area contributed by atoms with Gasteiger partial charge in [0.1, 0.15) is 0 Å². The molecule has 1 aliphatic carbocycles. The van der Waals surface area contributed by atoms with E-state index < -0.39 is 0 Å². The molecule has 2 heterocycles. The van der Waals surface area contributed by atoms with Crippen LogP contribution in [0, 0.1) is 5.92 Å². The zero-order chi connectivity index (χ0) is 19.1. The first-order chi connectivity index (χ1) is 13.1. The fourth-order valence-corrected chi connectivity index (χ4v) is 5.06. The van der Waals surface area contributed by atoms with Gasteiger partial charge in [-0.3, -0.25) is 14.5 Å². The minimum Gasteiger partial charge on any atom is -0.381 e. The maximum atomic E-state index is 12.3. The lowest BCUT2D eigenvalue weighted by atomic mass is 9.98. The predicted octanol–water partition coefficient (Wildman–Crippen LogP) is 2.17. The van der Waals surface area contributed by atoms with Gasteiger partial charge in [0, 0.05) is 64.8 Å². The Morgan fingerprint density at radius 1 is 1.04 bits per heavy atom. The summed E-state index contributed by atoms with van der Waals surface area (Å²) in [6, 6.07) is 0.903. The molecule has 1 saturated carbocycles. The van der Waals surface area contributed by atoms with Gasteiger partial charge in [0.05, 0.1) is 0 Å². The first kappa shape index (κ1) is 20.6. The molecule has 6 nitrogen and oxygen atoms in total. The molecule has 2 amide bonds. The maximum absolute atomic E-state index is 12.3. The number of amides is 2. The van der Waals surface area contributed by atoms with Crippen LogP contribution >= 0.6 is 0 Å². The maximum Gasteiger partial charge on any atom is 0.220 e. The molecule has 0 aromatic heterocycles. The summed E-state index contributed by atoms with van der Waals surface area (Å²) in [6.07, 6.45) is 9.98. The highest BCUT2D eigenvalue weighted by Crippen LogP contribution is 2.27. The summed E-state index contributed by atoms with van der Waals surface area (Å²) in [5.74, 6) is 0.985. The lowest BCUT2D eigenvalue weighted by molar-refractivity contribution is -0.131. The minimum atomic E-state index is 0.177. The van der Waals surface area contributed by atoms with Crippen molar-refractivity contribution in [1.29, 1.82) is 0 Å². The van der Waals surface area contributed by atoms with E-state index in [1.165, 1.54) is 25.7 Å². The Bertz CT molecular complexity index is 487. The minimum absolute atomic E-state index is 0.177. The molecule has 2 aliphatic heterocycles. The van der Waals surface area contributed by atoms with Gasteiger partial charge in [0.15, 0.2) is 0 Å². The second-order valence-electron chi connectivity index (χ2n) is 8.55. The van der Waals surface area contributed by atoms with Crippen molar-refractivity contribution in [2.24, 2.45) is 5.92 Å². The van der Waals surface area contributed by atoms with Gasteiger partial charge in [0.25, 0.3) is 0 Å². The van der Waals surface area contributed by atoms with Crippen LogP contribution in [-0.4, -0.2) is 73.1 Å². The van der Waals surface area contributed by atoms with E-state index in [2.05, 4.69) is 10.2 Å². The highest BCUT2D eigenvalue weighted by atomic mass is 16.5. The van der Waals surface area contributed by atoms with Crippen molar-refractivity contribution in [3.05, 3.63) is 0 Å². The third-order valence-electron chi connectivity index (χ3n) is 6.61. The Morgan fingerprint density at radius 2 is 1.78 bits per heavy atom. The normalized spacial score (nSPS) is 25.1. The molecule has 0 bridgehead atoms. The summed E-state index contributed by atoms with van der Waals surface area (Å²) in [4.78, 5) is 28.7. The highest BCUT2D eigenvalue weighted by molar-refractivity contribution is 5.76. The van der Waals surface area contributed by atoms with Gasteiger partial charge in [-0.1, -0.05) is 12.8 Å². The number of hydrogen-bond donors (Lipinski definition) is 1. The summed E-state index contributed by atoms with van der Waals surface area (Å²) in [5.41, 5.74) is 0. The van der Waals surface area contributed by atoms with Crippen molar-refractivity contribution in [3.63, 3.8) is 0 Å². The number of carbonyl (C=O) groups excluding carboxylic acids is 2. The van der Waals surface area contributed by atoms with Gasteiger partial charge in [-0.15, -0.1) is 0 Å². The first-order valence-corrected chi connectivity index (χ1v) is 11.0. The molecular weight excluding hydrogens is 342 g/mol. The van der Waals surface area contributed by atoms with Gasteiger partial charge in [-0.05, 0) is 44.4 Å². The molecule has 2 saturated heterocycles. The molecule has 1 unspecified atom stereocenters. The van der Waals surface area contributed by atoms with Gasteiger partial charge >= 0.3 is 0 Å². The van der Waals surface area contributed by atoms with Crippen molar-refractivity contribution in [2.45, 2.75) is 76.8 Å². The van der Waals surface area contributed by atoms with Crippen LogP contribution in [0.15, 0.2) is 0 Å². The Morgan fingerprint density at radius 3 is 2.48 bits per heavy atom. The average molecular weight is 380 g/mol. The van der Waals surface area contributed by atoms with Crippen LogP contribution in [0.3, 0.4) is 0 Å². The zero-order valence-corrected chi connectivity index (χ0v) is 17.0. The second kappa shape index (κ2) is 10.4. The van der Waals surface area contributed by atoms with E-state index in [0.717, 1.165) is 58.5 Å². The third-order valence-corrected chi connectivity index (χ3v) is 6.61. The highest BCUT2D eigenvalue weighted by Gasteiger charge is 2.31. The molecule has 0 radical (unpaired) electrons. The molecule has 0 spiro atoms. The van der Waals surface area contributed by atoms with Gasteiger partial charge in [-0.2, -0.15) is 0 Å². The number of piperidine rings is 1. The lowest BCUT2D eigenvalue weighted by Gasteiger charge is -2.44. The summed E-state index contributed by atoms with van der Waals surface area (Å²) in [6.45, 7) is 6.59.